The third kappa shape index (κ3) is 2.38. The van der Waals surface area contributed by atoms with Crippen LogP contribution in [0.15, 0.2) is 54.5 Å². The van der Waals surface area contributed by atoms with Gasteiger partial charge in [-0.3, -0.25) is 4.79 Å². The molecule has 96 valence electrons. The molecular formula is C15H13NO3. The van der Waals surface area contributed by atoms with Crippen LogP contribution in [0.25, 0.3) is 10.8 Å². The maximum absolute atomic E-state index is 12.0. The van der Waals surface area contributed by atoms with E-state index in [0.717, 1.165) is 16.5 Å². The Balaban J connectivity index is 1.89. The molecule has 0 bridgehead atoms. The highest BCUT2D eigenvalue weighted by Gasteiger charge is 2.15. The summed E-state index contributed by atoms with van der Waals surface area (Å²) in [7, 11) is 0. The van der Waals surface area contributed by atoms with Crippen molar-refractivity contribution in [1.82, 2.24) is 0 Å². The van der Waals surface area contributed by atoms with Gasteiger partial charge < -0.3 is 14.8 Å². The van der Waals surface area contributed by atoms with E-state index in [1.165, 1.54) is 6.26 Å². The van der Waals surface area contributed by atoms with Gasteiger partial charge in [0, 0.05) is 11.1 Å². The van der Waals surface area contributed by atoms with E-state index in [9.17, 15) is 4.79 Å². The first-order valence-corrected chi connectivity index (χ1v) is 6.08. The molecule has 1 heterocycles. The number of amides is 1. The van der Waals surface area contributed by atoms with Crippen LogP contribution in [0.2, 0.25) is 0 Å². The van der Waals surface area contributed by atoms with Crippen molar-refractivity contribution in [2.24, 2.45) is 0 Å². The van der Waals surface area contributed by atoms with Crippen molar-refractivity contribution in [2.45, 2.75) is 0 Å². The fourth-order valence-electron chi connectivity index (χ4n) is 2.01. The van der Waals surface area contributed by atoms with Gasteiger partial charge in [0.25, 0.3) is 5.91 Å². The van der Waals surface area contributed by atoms with Crippen LogP contribution >= 0.6 is 0 Å². The smallest absolute Gasteiger partial charge is 0.294 e. The maximum atomic E-state index is 12.0. The summed E-state index contributed by atoms with van der Waals surface area (Å²) >= 11 is 0. The molecule has 1 amide bonds. The number of benzene rings is 2. The number of rotatable bonds is 2. The second kappa shape index (κ2) is 5.02. The lowest BCUT2D eigenvalue weighted by atomic mass is 10.1. The van der Waals surface area contributed by atoms with E-state index in [4.69, 9.17) is 9.47 Å². The van der Waals surface area contributed by atoms with Crippen LogP contribution in [-0.4, -0.2) is 19.1 Å². The zero-order chi connectivity index (χ0) is 13.1. The van der Waals surface area contributed by atoms with Crippen molar-refractivity contribution < 1.29 is 14.3 Å². The topological polar surface area (TPSA) is 47.6 Å². The molecular weight excluding hydrogens is 242 g/mol. The summed E-state index contributed by atoms with van der Waals surface area (Å²) in [5.74, 6) is -0.0877. The molecule has 1 aliphatic heterocycles. The summed E-state index contributed by atoms with van der Waals surface area (Å²) in [6.45, 7) is 0.875. The number of carbonyl (C=O) groups is 1. The van der Waals surface area contributed by atoms with Gasteiger partial charge in [-0.2, -0.15) is 0 Å². The Bertz CT molecular complexity index is 643. The van der Waals surface area contributed by atoms with Gasteiger partial charge in [0.15, 0.2) is 0 Å². The Morgan fingerprint density at radius 2 is 1.89 bits per heavy atom. The predicted octanol–water partition coefficient (Wildman–Crippen LogP) is 2.67. The Morgan fingerprint density at radius 1 is 1.05 bits per heavy atom. The van der Waals surface area contributed by atoms with Crippen LogP contribution in [0.4, 0.5) is 5.69 Å². The predicted molar refractivity (Wildman–Crippen MR) is 72.6 cm³/mol. The minimum Gasteiger partial charge on any atom is -0.494 e. The molecule has 0 aromatic heterocycles. The van der Waals surface area contributed by atoms with Crippen LogP contribution in [0.3, 0.4) is 0 Å². The average molecular weight is 255 g/mol. The molecule has 0 aliphatic carbocycles. The Morgan fingerprint density at radius 3 is 2.74 bits per heavy atom. The SMILES string of the molecule is O=C(Nc1cccc2ccccc12)C1=COCCO1. The van der Waals surface area contributed by atoms with Crippen molar-refractivity contribution in [1.29, 1.82) is 0 Å². The first kappa shape index (κ1) is 11.6. The molecule has 0 spiro atoms. The number of fused-ring (bicyclic) bond motifs is 1. The molecule has 3 rings (SSSR count). The standard InChI is InChI=1S/C15H13NO3/c17-15(14-10-18-8-9-19-14)16-13-7-3-5-11-4-1-2-6-12(11)13/h1-7,10H,8-9H2,(H,16,17). The van der Waals surface area contributed by atoms with Gasteiger partial charge in [0.2, 0.25) is 5.76 Å². The van der Waals surface area contributed by atoms with Crippen molar-refractivity contribution in [3.05, 3.63) is 54.5 Å². The van der Waals surface area contributed by atoms with Gasteiger partial charge in [0.1, 0.15) is 19.5 Å². The van der Waals surface area contributed by atoms with E-state index < -0.39 is 0 Å². The molecule has 4 nitrogen and oxygen atoms in total. The fourth-order valence-corrected chi connectivity index (χ4v) is 2.01. The second-order valence-electron chi connectivity index (χ2n) is 4.18. The molecule has 0 unspecified atom stereocenters. The van der Waals surface area contributed by atoms with Crippen molar-refractivity contribution in [3.63, 3.8) is 0 Å². The fraction of sp³-hybridized carbons (Fsp3) is 0.133. The van der Waals surface area contributed by atoms with E-state index in [-0.39, 0.29) is 11.7 Å². The summed E-state index contributed by atoms with van der Waals surface area (Å²) in [5.41, 5.74) is 0.762. The molecule has 2 aromatic rings. The largest absolute Gasteiger partial charge is 0.494 e. The summed E-state index contributed by atoms with van der Waals surface area (Å²) < 4.78 is 10.3. The molecule has 0 fully saturated rings. The Hall–Kier alpha value is -2.49. The maximum Gasteiger partial charge on any atom is 0.294 e. The number of hydrogen-bond acceptors (Lipinski definition) is 3. The molecule has 0 saturated heterocycles. The van der Waals surface area contributed by atoms with Gasteiger partial charge in [0.05, 0.1) is 0 Å². The molecule has 2 aromatic carbocycles. The van der Waals surface area contributed by atoms with Crippen LogP contribution in [-0.2, 0) is 14.3 Å². The minimum atomic E-state index is -0.295. The Kier molecular flexibility index (Phi) is 3.06. The van der Waals surface area contributed by atoms with Gasteiger partial charge in [-0.25, -0.2) is 0 Å². The Labute approximate surface area is 110 Å². The number of nitrogens with one attached hydrogen (secondary N) is 1. The molecule has 0 radical (unpaired) electrons. The monoisotopic (exact) mass is 255 g/mol. The van der Waals surface area contributed by atoms with E-state index in [0.29, 0.717) is 13.2 Å². The summed E-state index contributed by atoms with van der Waals surface area (Å²) in [6.07, 6.45) is 1.35. The van der Waals surface area contributed by atoms with Gasteiger partial charge in [-0.1, -0.05) is 36.4 Å². The third-order valence-electron chi connectivity index (χ3n) is 2.91. The van der Waals surface area contributed by atoms with E-state index in [1.54, 1.807) is 0 Å². The van der Waals surface area contributed by atoms with E-state index >= 15 is 0 Å². The molecule has 4 heteroatoms. The van der Waals surface area contributed by atoms with Crippen LogP contribution in [0.5, 0.6) is 0 Å². The highest BCUT2D eigenvalue weighted by Crippen LogP contribution is 2.23. The first-order chi connectivity index (χ1) is 9.34. The average Bonchev–Trinajstić information content (AvgIpc) is 2.48. The lowest BCUT2D eigenvalue weighted by Crippen LogP contribution is -2.21. The lowest BCUT2D eigenvalue weighted by Gasteiger charge is -2.15. The van der Waals surface area contributed by atoms with Gasteiger partial charge in [-0.15, -0.1) is 0 Å². The summed E-state index contributed by atoms with van der Waals surface area (Å²) in [4.78, 5) is 12.0. The molecule has 0 atom stereocenters. The van der Waals surface area contributed by atoms with Crippen LogP contribution < -0.4 is 5.32 Å². The molecule has 1 aliphatic rings. The highest BCUT2D eigenvalue weighted by molar-refractivity contribution is 6.07. The highest BCUT2D eigenvalue weighted by atomic mass is 16.6. The number of anilines is 1. The van der Waals surface area contributed by atoms with Gasteiger partial charge >= 0.3 is 0 Å². The van der Waals surface area contributed by atoms with Crippen molar-refractivity contribution in [3.8, 4) is 0 Å². The number of carbonyl (C=O) groups excluding carboxylic acids is 1. The van der Waals surface area contributed by atoms with E-state index in [2.05, 4.69) is 5.32 Å². The zero-order valence-electron chi connectivity index (χ0n) is 10.3. The van der Waals surface area contributed by atoms with Gasteiger partial charge in [-0.05, 0) is 11.5 Å². The van der Waals surface area contributed by atoms with Crippen LogP contribution in [0.1, 0.15) is 0 Å². The molecule has 1 N–H and O–H groups in total. The normalized spacial score (nSPS) is 14.2. The van der Waals surface area contributed by atoms with Crippen LogP contribution in [0, 0.1) is 0 Å². The number of hydrogen-bond donors (Lipinski definition) is 1. The van der Waals surface area contributed by atoms with Crippen molar-refractivity contribution >= 4 is 22.4 Å². The minimum absolute atomic E-state index is 0.208. The first-order valence-electron chi connectivity index (χ1n) is 6.08. The zero-order valence-corrected chi connectivity index (χ0v) is 10.3. The summed E-state index contributed by atoms with van der Waals surface area (Å²) in [6, 6.07) is 13.7. The number of ether oxygens (including phenoxy) is 2. The molecule has 0 saturated carbocycles. The lowest BCUT2D eigenvalue weighted by molar-refractivity contribution is -0.117. The molecule has 19 heavy (non-hydrogen) atoms. The third-order valence-corrected chi connectivity index (χ3v) is 2.91. The quantitative estimate of drug-likeness (QED) is 0.897. The summed E-state index contributed by atoms with van der Waals surface area (Å²) in [5, 5.41) is 4.92. The second-order valence-corrected chi connectivity index (χ2v) is 4.18. The van der Waals surface area contributed by atoms with Crippen molar-refractivity contribution in [2.75, 3.05) is 18.5 Å². The van der Waals surface area contributed by atoms with E-state index in [1.807, 2.05) is 42.5 Å².